The molecule has 0 unspecified atom stereocenters. The second kappa shape index (κ2) is 7.08. The number of ether oxygens (including phenoxy) is 1. The lowest BCUT2D eigenvalue weighted by Gasteiger charge is -2.10. The molecule has 1 aromatic heterocycles. The van der Waals surface area contributed by atoms with E-state index in [9.17, 15) is 0 Å². The zero-order valence-corrected chi connectivity index (χ0v) is 12.8. The monoisotopic (exact) mass is 289 g/mol. The van der Waals surface area contributed by atoms with Crippen LogP contribution in [0.25, 0.3) is 0 Å². The molecule has 2 aromatic rings. The highest BCUT2D eigenvalue weighted by Crippen LogP contribution is 2.17. The lowest BCUT2D eigenvalue weighted by molar-refractivity contribution is 0.415. The molecule has 6 nitrogen and oxygen atoms in total. The third-order valence-corrected chi connectivity index (χ3v) is 3.33. The molecule has 0 aliphatic rings. The number of nitrogens with zero attached hydrogens (tertiary/aromatic N) is 2. The summed E-state index contributed by atoms with van der Waals surface area (Å²) < 4.78 is 5.19. The van der Waals surface area contributed by atoms with E-state index < -0.39 is 0 Å². The zero-order valence-electron chi connectivity index (χ0n) is 12.8. The van der Waals surface area contributed by atoms with Gasteiger partial charge in [0.2, 0.25) is 0 Å². The Morgan fingerprint density at radius 2 is 2.19 bits per heavy atom. The third-order valence-electron chi connectivity index (χ3n) is 3.33. The van der Waals surface area contributed by atoms with Crippen LogP contribution in [0.2, 0.25) is 0 Å². The van der Waals surface area contributed by atoms with Crippen molar-refractivity contribution in [1.29, 1.82) is 0 Å². The highest BCUT2D eigenvalue weighted by atomic mass is 16.5. The van der Waals surface area contributed by atoms with E-state index in [1.165, 1.54) is 0 Å². The molecule has 0 saturated heterocycles. The molecule has 0 radical (unpaired) electrons. The average molecular weight is 289 g/mol. The van der Waals surface area contributed by atoms with Crippen molar-refractivity contribution in [3.63, 3.8) is 0 Å². The smallest absolute Gasteiger partial charge is 0.167 e. The zero-order chi connectivity index (χ0) is 15.2. The Hall–Kier alpha value is -2.08. The average Bonchev–Trinajstić information content (AvgIpc) is 2.95. The van der Waals surface area contributed by atoms with Gasteiger partial charge in [-0.15, -0.1) is 0 Å². The number of nitrogens with one attached hydrogen (secondary N) is 2. The van der Waals surface area contributed by atoms with Crippen LogP contribution < -0.4 is 15.8 Å². The number of rotatable bonds is 7. The van der Waals surface area contributed by atoms with Crippen LogP contribution in [0.5, 0.6) is 5.75 Å². The predicted molar refractivity (Wildman–Crippen MR) is 83.3 cm³/mol. The van der Waals surface area contributed by atoms with Crippen LogP contribution in [-0.4, -0.2) is 28.8 Å². The van der Waals surface area contributed by atoms with Crippen molar-refractivity contribution in [2.75, 3.05) is 19.0 Å². The molecule has 2 rings (SSSR count). The fourth-order valence-corrected chi connectivity index (χ4v) is 1.93. The van der Waals surface area contributed by atoms with Crippen molar-refractivity contribution in [1.82, 2.24) is 15.2 Å². The summed E-state index contributed by atoms with van der Waals surface area (Å²) in [6.07, 6.45) is 0.759. The van der Waals surface area contributed by atoms with Crippen LogP contribution in [-0.2, 0) is 6.42 Å². The Morgan fingerprint density at radius 1 is 1.38 bits per heavy atom. The number of H-pyrrole nitrogens is 1. The predicted octanol–water partition coefficient (Wildman–Crippen LogP) is 2.12. The van der Waals surface area contributed by atoms with E-state index in [1.54, 1.807) is 7.11 Å². The maximum atomic E-state index is 6.03. The Kier molecular flexibility index (Phi) is 5.16. The normalized spacial score (nSPS) is 12.4. The first-order chi connectivity index (χ1) is 10.1. The molecule has 0 aliphatic carbocycles. The number of hydrogen-bond acceptors (Lipinski definition) is 5. The minimum absolute atomic E-state index is 0.124. The second-order valence-electron chi connectivity index (χ2n) is 5.32. The van der Waals surface area contributed by atoms with Crippen LogP contribution in [0.1, 0.15) is 31.5 Å². The van der Waals surface area contributed by atoms with Crippen molar-refractivity contribution < 1.29 is 4.74 Å². The quantitative estimate of drug-likeness (QED) is 0.726. The number of hydrogen-bond donors (Lipinski definition) is 3. The van der Waals surface area contributed by atoms with Gasteiger partial charge in [0, 0.05) is 24.7 Å². The minimum Gasteiger partial charge on any atom is -0.497 e. The first-order valence-electron chi connectivity index (χ1n) is 7.15. The number of benzene rings is 1. The maximum Gasteiger partial charge on any atom is 0.167 e. The van der Waals surface area contributed by atoms with Crippen molar-refractivity contribution >= 4 is 5.69 Å². The first kappa shape index (κ1) is 15.3. The lowest BCUT2D eigenvalue weighted by atomic mass is 10.1. The summed E-state index contributed by atoms with van der Waals surface area (Å²) in [4.78, 5) is 4.44. The van der Waals surface area contributed by atoms with E-state index in [2.05, 4.69) is 34.3 Å². The molecule has 4 N–H and O–H groups in total. The van der Waals surface area contributed by atoms with Gasteiger partial charge in [0.15, 0.2) is 5.82 Å². The number of nitrogens with two attached hydrogens (primary N) is 1. The molecular formula is C15H23N5O. The summed E-state index contributed by atoms with van der Waals surface area (Å²) in [6.45, 7) is 4.88. The largest absolute Gasteiger partial charge is 0.497 e. The van der Waals surface area contributed by atoms with Crippen molar-refractivity contribution in [3.05, 3.63) is 35.9 Å². The molecule has 0 aliphatic heterocycles. The molecular weight excluding hydrogens is 266 g/mol. The summed E-state index contributed by atoms with van der Waals surface area (Å²) in [7, 11) is 1.66. The van der Waals surface area contributed by atoms with Crippen LogP contribution in [0.15, 0.2) is 24.3 Å². The van der Waals surface area contributed by atoms with Gasteiger partial charge in [-0.2, -0.15) is 5.10 Å². The molecule has 1 heterocycles. The first-order valence-corrected chi connectivity index (χ1v) is 7.15. The van der Waals surface area contributed by atoms with E-state index in [0.717, 1.165) is 30.2 Å². The summed E-state index contributed by atoms with van der Waals surface area (Å²) in [6, 6.07) is 7.71. The Labute approximate surface area is 125 Å². The van der Waals surface area contributed by atoms with E-state index in [1.807, 2.05) is 24.3 Å². The topological polar surface area (TPSA) is 88.8 Å². The van der Waals surface area contributed by atoms with Gasteiger partial charge < -0.3 is 15.8 Å². The highest BCUT2D eigenvalue weighted by molar-refractivity contribution is 5.48. The maximum absolute atomic E-state index is 6.03. The van der Waals surface area contributed by atoms with Crippen molar-refractivity contribution in [3.8, 4) is 5.75 Å². The van der Waals surface area contributed by atoms with Gasteiger partial charge in [-0.25, -0.2) is 4.98 Å². The molecule has 21 heavy (non-hydrogen) atoms. The SMILES string of the molecule is COc1cccc(NCCc2nc([C@@H](N)C(C)C)n[nH]2)c1. The van der Waals surface area contributed by atoms with Crippen LogP contribution in [0.4, 0.5) is 5.69 Å². The lowest BCUT2D eigenvalue weighted by Crippen LogP contribution is -2.18. The van der Waals surface area contributed by atoms with Gasteiger partial charge in [0.05, 0.1) is 13.2 Å². The minimum atomic E-state index is -0.124. The van der Waals surface area contributed by atoms with E-state index in [4.69, 9.17) is 10.5 Å². The van der Waals surface area contributed by atoms with Crippen LogP contribution >= 0.6 is 0 Å². The standard InChI is InChI=1S/C15H23N5O/c1-10(2)14(16)15-18-13(19-20-15)7-8-17-11-5-4-6-12(9-11)21-3/h4-6,9-10,14,17H,7-8,16H2,1-3H3,(H,18,19,20)/t14-/m0/s1. The number of anilines is 1. The molecule has 0 spiro atoms. The molecule has 0 saturated carbocycles. The number of aromatic amines is 1. The molecule has 0 fully saturated rings. The van der Waals surface area contributed by atoms with Crippen molar-refractivity contribution in [2.24, 2.45) is 11.7 Å². The fraction of sp³-hybridized carbons (Fsp3) is 0.467. The van der Waals surface area contributed by atoms with Crippen LogP contribution in [0, 0.1) is 5.92 Å². The molecule has 6 heteroatoms. The van der Waals surface area contributed by atoms with Gasteiger partial charge in [-0.1, -0.05) is 19.9 Å². The third kappa shape index (κ3) is 4.19. The molecule has 0 bridgehead atoms. The van der Waals surface area contributed by atoms with Crippen LogP contribution in [0.3, 0.4) is 0 Å². The van der Waals surface area contributed by atoms with Gasteiger partial charge in [0.25, 0.3) is 0 Å². The Morgan fingerprint density at radius 3 is 2.90 bits per heavy atom. The van der Waals surface area contributed by atoms with E-state index in [0.29, 0.717) is 11.7 Å². The highest BCUT2D eigenvalue weighted by Gasteiger charge is 2.15. The van der Waals surface area contributed by atoms with E-state index >= 15 is 0 Å². The Bertz CT molecular complexity index is 567. The number of methoxy groups -OCH3 is 1. The van der Waals surface area contributed by atoms with Gasteiger partial charge >= 0.3 is 0 Å². The molecule has 1 atom stereocenters. The van der Waals surface area contributed by atoms with Gasteiger partial charge in [0.1, 0.15) is 11.6 Å². The molecule has 114 valence electrons. The second-order valence-corrected chi connectivity index (χ2v) is 5.32. The van der Waals surface area contributed by atoms with Gasteiger partial charge in [-0.05, 0) is 18.1 Å². The summed E-state index contributed by atoms with van der Waals surface area (Å²) in [5, 5.41) is 10.5. The van der Waals surface area contributed by atoms with Crippen molar-refractivity contribution in [2.45, 2.75) is 26.3 Å². The van der Waals surface area contributed by atoms with E-state index in [-0.39, 0.29) is 6.04 Å². The molecule has 0 amide bonds. The fourth-order valence-electron chi connectivity index (χ4n) is 1.93. The summed E-state index contributed by atoms with van der Waals surface area (Å²) >= 11 is 0. The number of aromatic nitrogens is 3. The Balaban J connectivity index is 1.86. The van der Waals surface area contributed by atoms with Gasteiger partial charge in [-0.3, -0.25) is 5.10 Å². The molecule has 1 aromatic carbocycles. The summed E-state index contributed by atoms with van der Waals surface area (Å²) in [5.74, 6) is 2.69. The summed E-state index contributed by atoms with van der Waals surface area (Å²) in [5.41, 5.74) is 7.05.